The Kier molecular flexibility index (Phi) is 14.8. The molecule has 0 aromatic rings. The Labute approximate surface area is 84.0 Å². The minimum atomic E-state index is -3.29. The van der Waals surface area contributed by atoms with Gasteiger partial charge < -0.3 is 18.1 Å². The average Bonchev–Trinajstić information content (AvgIpc) is 1.27. The van der Waals surface area contributed by atoms with Crippen molar-refractivity contribution in [3.8, 4) is 0 Å². The summed E-state index contributed by atoms with van der Waals surface area (Å²) < 4.78 is 0. The van der Waals surface area contributed by atoms with E-state index in [2.05, 4.69) is 0 Å². The predicted molar refractivity (Wildman–Crippen MR) is 40.9 cm³/mol. The summed E-state index contributed by atoms with van der Waals surface area (Å²) in [6, 6.07) is 0. The Bertz CT molecular complexity index is 32.3. The zero-order valence-corrected chi connectivity index (χ0v) is 11.9. The molecule has 0 aliphatic rings. The van der Waals surface area contributed by atoms with E-state index in [9.17, 15) is 0 Å². The summed E-state index contributed by atoms with van der Waals surface area (Å²) in [6.07, 6.45) is 0. The Morgan fingerprint density at radius 3 is 0.875 bits per heavy atom. The summed E-state index contributed by atoms with van der Waals surface area (Å²) in [5.74, 6) is 0. The van der Waals surface area contributed by atoms with E-state index in [-0.39, 0.29) is 0 Å². The Balaban J connectivity index is 0. The molecule has 0 fully saturated rings. The van der Waals surface area contributed by atoms with E-state index in [0.717, 1.165) is 0 Å². The van der Waals surface area contributed by atoms with Crippen LogP contribution >= 0.6 is 52.2 Å². The third-order valence-corrected chi connectivity index (χ3v) is 0. The molecule has 8 heavy (non-hydrogen) atoms. The van der Waals surface area contributed by atoms with Crippen molar-refractivity contribution in [2.75, 3.05) is 0 Å². The van der Waals surface area contributed by atoms with Gasteiger partial charge in [0.1, 0.15) is 0 Å². The first kappa shape index (κ1) is 13.9. The molecule has 0 nitrogen and oxygen atoms in total. The Hall–Kier alpha value is 3.39. The van der Waals surface area contributed by atoms with E-state index in [1.165, 1.54) is 0 Å². The van der Waals surface area contributed by atoms with E-state index >= 15 is 0 Å². The molecule has 0 unspecified atom stereocenters. The van der Waals surface area contributed by atoms with E-state index in [0.29, 0.717) is 0 Å². The summed E-state index contributed by atoms with van der Waals surface area (Å²) in [5, 5.41) is 0. The molecule has 0 rings (SSSR count). The molecule has 8 heteroatoms. The summed E-state index contributed by atoms with van der Waals surface area (Å²) in [4.78, 5) is 0. The van der Waals surface area contributed by atoms with Crippen LogP contribution in [0.15, 0.2) is 0 Å². The van der Waals surface area contributed by atoms with Gasteiger partial charge in [-0.15, -0.1) is 0 Å². The van der Waals surface area contributed by atoms with Gasteiger partial charge in [-0.3, -0.25) is 0 Å². The van der Waals surface area contributed by atoms with Gasteiger partial charge in [0.15, 0.2) is 0 Å². The number of hydrogen-bond acceptors (Lipinski definition) is 0. The topological polar surface area (TPSA) is 0 Å². The van der Waals surface area contributed by atoms with Crippen molar-refractivity contribution >= 4 is 70.4 Å². The average molecular weight is 328 g/mol. The van der Waals surface area contributed by atoms with Crippen LogP contribution in [0, 0.1) is 0 Å². The van der Waals surface area contributed by atoms with Gasteiger partial charge in [-0.05, 0) is 0 Å². The molecule has 0 bridgehead atoms. The van der Waals surface area contributed by atoms with Crippen LogP contribution < -0.4 is 0 Å². The van der Waals surface area contributed by atoms with E-state index in [1.54, 1.807) is 0 Å². The van der Waals surface area contributed by atoms with E-state index in [1.807, 2.05) is 0 Å². The van der Waals surface area contributed by atoms with Gasteiger partial charge in [-0.25, -0.2) is 0 Å². The van der Waals surface area contributed by atoms with Gasteiger partial charge in [0.05, 0.1) is 0 Å². The molecule has 0 aliphatic heterocycles. The van der Waals surface area contributed by atoms with Crippen molar-refractivity contribution in [1.29, 1.82) is 0 Å². The fourth-order valence-electron chi connectivity index (χ4n) is 0. The molecule has 0 spiro atoms. The Morgan fingerprint density at radius 1 is 0.875 bits per heavy atom. The Morgan fingerprint density at radius 2 is 0.875 bits per heavy atom. The zero-order chi connectivity index (χ0) is 7.21. The van der Waals surface area contributed by atoms with Gasteiger partial charge in [0.2, 0.25) is 0 Å². The predicted octanol–water partition coefficient (Wildman–Crippen LogP) is 3.75. The molecule has 0 aliphatic carbocycles. The van der Waals surface area contributed by atoms with Crippen molar-refractivity contribution in [2.45, 2.75) is 0 Å². The molecular formula is Cl6MgZr. The molecule has 0 aromatic heterocycles. The second-order valence-electron chi connectivity index (χ2n) is 0.530. The first-order valence-electron chi connectivity index (χ1n) is 1.29. The van der Waals surface area contributed by atoms with E-state index in [4.69, 9.17) is 52.2 Å². The van der Waals surface area contributed by atoms with Crippen molar-refractivity contribution in [3.63, 3.8) is 0 Å². The molecular weight excluding hydrogens is 328 g/mol. The molecule has 0 saturated carbocycles. The van der Waals surface area contributed by atoms with Crippen molar-refractivity contribution in [3.05, 3.63) is 0 Å². The maximum atomic E-state index is 5.04. The van der Waals surface area contributed by atoms with Crippen LogP contribution in [-0.2, 0) is 15.5 Å². The summed E-state index contributed by atoms with van der Waals surface area (Å²) in [5.41, 5.74) is 0. The fourth-order valence-corrected chi connectivity index (χ4v) is 0. The monoisotopic (exact) mass is 324 g/mol. The van der Waals surface area contributed by atoms with Crippen LogP contribution in [-0.4, -0.2) is 18.2 Å². The first-order chi connectivity index (χ1) is 3.41. The first-order valence-corrected chi connectivity index (χ1v) is 18.2. The van der Waals surface area contributed by atoms with Crippen LogP contribution in [0.25, 0.3) is 0 Å². The summed E-state index contributed by atoms with van der Waals surface area (Å²) in [7, 11) is 30.0. The number of halogens is 6. The zero-order valence-electron chi connectivity index (χ0n) is 3.47. The quantitative estimate of drug-likeness (QED) is 0.594. The van der Waals surface area contributed by atoms with Crippen molar-refractivity contribution in [2.24, 2.45) is 0 Å². The second kappa shape index (κ2) is 8.49. The molecule has 0 radical (unpaired) electrons. The molecule has 48 valence electrons. The van der Waals surface area contributed by atoms with Crippen LogP contribution in [0.3, 0.4) is 0 Å². The second-order valence-corrected chi connectivity index (χ2v) is 25.5. The number of hydrogen-bond donors (Lipinski definition) is 0. The maximum absolute atomic E-state index is 5.04. The minimum absolute atomic E-state index is 0.639. The van der Waals surface area contributed by atoms with E-state index < -0.39 is 33.7 Å². The van der Waals surface area contributed by atoms with Gasteiger partial charge in [-0.2, -0.15) is 0 Å². The fraction of sp³-hybridized carbons (Fsp3) is 0. The number of rotatable bonds is 0. The van der Waals surface area contributed by atoms with Crippen molar-refractivity contribution in [1.82, 2.24) is 0 Å². The molecule has 0 N–H and O–H groups in total. The van der Waals surface area contributed by atoms with Gasteiger partial charge in [0, 0.05) is 0 Å². The van der Waals surface area contributed by atoms with Gasteiger partial charge in [-0.1, -0.05) is 0 Å². The molecule has 0 saturated heterocycles. The van der Waals surface area contributed by atoms with Crippen LogP contribution in [0.5, 0.6) is 0 Å². The van der Waals surface area contributed by atoms with Gasteiger partial charge in [0.25, 0.3) is 0 Å². The van der Waals surface area contributed by atoms with Crippen molar-refractivity contribution < 1.29 is 15.5 Å². The van der Waals surface area contributed by atoms with Crippen LogP contribution in [0.2, 0.25) is 0 Å². The third-order valence-electron chi connectivity index (χ3n) is 0. The van der Waals surface area contributed by atoms with Crippen LogP contribution in [0.4, 0.5) is 0 Å². The SMILES string of the molecule is [Cl][Mg][Cl].[Cl][Zr]([Cl])([Cl])[Cl]. The third kappa shape index (κ3) is 57.5. The summed E-state index contributed by atoms with van der Waals surface area (Å²) in [6.45, 7) is 0. The summed E-state index contributed by atoms with van der Waals surface area (Å²) >= 11 is -3.93. The van der Waals surface area contributed by atoms with Crippen LogP contribution in [0.1, 0.15) is 0 Å². The van der Waals surface area contributed by atoms with Gasteiger partial charge >= 0.3 is 67.7 Å². The molecule has 0 amide bonds. The molecule has 0 aromatic carbocycles. The molecule has 0 atom stereocenters. The standard InChI is InChI=1S/6ClH.Mg.Zr/h6*1H;;/q;;;;;;+2;+4/p-6. The normalized spacial score (nSPS) is 8.75. The molecule has 0 heterocycles.